The van der Waals surface area contributed by atoms with E-state index in [0.29, 0.717) is 17.7 Å². The molecule has 1 saturated carbocycles. The van der Waals surface area contributed by atoms with Gasteiger partial charge >= 0.3 is 18.5 Å². The fourth-order valence-corrected chi connectivity index (χ4v) is 4.39. The zero-order chi connectivity index (χ0) is 29.5. The lowest BCUT2D eigenvalue weighted by Crippen LogP contribution is -2.26. The largest absolute Gasteiger partial charge is 0.416 e. The number of nitrogens with zero attached hydrogens (tertiary/aromatic N) is 5. The van der Waals surface area contributed by atoms with Crippen LogP contribution >= 0.6 is 0 Å². The Balaban J connectivity index is 1.81. The number of tetrazole rings is 1. The van der Waals surface area contributed by atoms with Crippen molar-refractivity contribution in [2.45, 2.75) is 57.5 Å². The summed E-state index contributed by atoms with van der Waals surface area (Å²) in [6.07, 6.45) is -13.8. The van der Waals surface area contributed by atoms with E-state index in [1.54, 1.807) is 6.92 Å². The molecule has 40 heavy (non-hydrogen) atoms. The maximum absolute atomic E-state index is 13.6. The van der Waals surface area contributed by atoms with Crippen LogP contribution in [0, 0.1) is 5.92 Å². The Morgan fingerprint density at radius 1 is 0.875 bits per heavy atom. The fourth-order valence-electron chi connectivity index (χ4n) is 4.39. The zero-order valence-corrected chi connectivity index (χ0v) is 21.2. The fraction of sp³-hybridized carbons (Fsp3) is 0.480. The lowest BCUT2D eigenvalue weighted by atomic mass is 9.96. The van der Waals surface area contributed by atoms with Gasteiger partial charge in [-0.15, -0.1) is 5.10 Å². The highest BCUT2D eigenvalue weighted by Crippen LogP contribution is 2.45. The summed E-state index contributed by atoms with van der Waals surface area (Å²) in [5, 5.41) is 11.5. The smallest absolute Gasteiger partial charge is 0.374 e. The van der Waals surface area contributed by atoms with E-state index in [4.69, 9.17) is 4.74 Å². The molecule has 0 aliphatic heterocycles. The molecule has 1 heterocycles. The average molecular weight is 581 g/mol. The summed E-state index contributed by atoms with van der Waals surface area (Å²) in [5.74, 6) is -0.132. The van der Waals surface area contributed by atoms with E-state index in [1.807, 2.05) is 0 Å². The van der Waals surface area contributed by atoms with Crippen molar-refractivity contribution in [3.63, 3.8) is 0 Å². The molecule has 0 bridgehead atoms. The second kappa shape index (κ2) is 10.9. The van der Waals surface area contributed by atoms with Crippen LogP contribution in [0.1, 0.15) is 59.3 Å². The van der Waals surface area contributed by atoms with Crippen molar-refractivity contribution in [2.24, 2.45) is 13.0 Å². The van der Waals surface area contributed by atoms with Gasteiger partial charge in [-0.3, -0.25) is 0 Å². The summed E-state index contributed by atoms with van der Waals surface area (Å²) in [4.78, 5) is 2.19. The number of rotatable bonds is 9. The van der Waals surface area contributed by atoms with Crippen LogP contribution in [0.25, 0.3) is 0 Å². The molecule has 4 rings (SSSR count). The molecule has 0 amide bonds. The van der Waals surface area contributed by atoms with Crippen LogP contribution < -0.4 is 4.90 Å². The van der Waals surface area contributed by atoms with Crippen molar-refractivity contribution in [2.75, 3.05) is 11.5 Å². The Morgan fingerprint density at radius 3 is 1.95 bits per heavy atom. The Labute approximate surface area is 222 Å². The highest BCUT2D eigenvalue weighted by Gasteiger charge is 2.38. The SMILES string of the molecule is CCO[C@H](c1ccc(C(F)(F)F)cc1CN(Cc1cc(C(F)(F)F)cc(C(F)(F)F)c1)c1nnn(C)n1)C1CC1. The topological polar surface area (TPSA) is 56.1 Å². The van der Waals surface area contributed by atoms with Crippen LogP contribution in [0.5, 0.6) is 0 Å². The minimum absolute atomic E-state index is 0.00163. The van der Waals surface area contributed by atoms with Gasteiger partial charge < -0.3 is 9.64 Å². The second-order valence-electron chi connectivity index (χ2n) is 9.47. The molecule has 1 atom stereocenters. The van der Waals surface area contributed by atoms with Gasteiger partial charge in [0.15, 0.2) is 0 Å². The van der Waals surface area contributed by atoms with E-state index < -0.39 is 53.4 Å². The first-order chi connectivity index (χ1) is 18.6. The molecule has 0 unspecified atom stereocenters. The average Bonchev–Trinajstić information content (AvgIpc) is 3.60. The molecule has 1 fully saturated rings. The lowest BCUT2D eigenvalue weighted by Gasteiger charge is -2.27. The van der Waals surface area contributed by atoms with Gasteiger partial charge in [0, 0.05) is 19.7 Å². The molecule has 3 aromatic rings. The Morgan fingerprint density at radius 2 is 1.48 bits per heavy atom. The molecule has 1 aliphatic carbocycles. The number of hydrogen-bond donors (Lipinski definition) is 0. The first-order valence-electron chi connectivity index (χ1n) is 12.1. The maximum Gasteiger partial charge on any atom is 0.416 e. The normalized spacial score (nSPS) is 15.4. The first kappa shape index (κ1) is 29.6. The Bertz CT molecular complexity index is 1300. The Hall–Kier alpha value is -3.36. The molecule has 1 aromatic heterocycles. The van der Waals surface area contributed by atoms with Crippen molar-refractivity contribution in [1.82, 2.24) is 20.2 Å². The number of alkyl halides is 9. The van der Waals surface area contributed by atoms with Crippen LogP contribution in [0.15, 0.2) is 36.4 Å². The highest BCUT2D eigenvalue weighted by atomic mass is 19.4. The molecular formula is C25H24F9N5O. The van der Waals surface area contributed by atoms with Crippen LogP contribution in [0.3, 0.4) is 0 Å². The number of aromatic nitrogens is 4. The van der Waals surface area contributed by atoms with Gasteiger partial charge in [-0.05, 0) is 77.9 Å². The maximum atomic E-state index is 13.6. The summed E-state index contributed by atoms with van der Waals surface area (Å²) in [6, 6.07) is 4.23. The van der Waals surface area contributed by atoms with Gasteiger partial charge in [-0.25, -0.2) is 0 Å². The quantitative estimate of drug-likeness (QED) is 0.256. The van der Waals surface area contributed by atoms with Crippen LogP contribution in [-0.4, -0.2) is 26.8 Å². The van der Waals surface area contributed by atoms with Gasteiger partial charge in [0.2, 0.25) is 0 Å². The summed E-state index contributed by atoms with van der Waals surface area (Å²) < 4.78 is 128. The van der Waals surface area contributed by atoms with Gasteiger partial charge in [-0.1, -0.05) is 11.2 Å². The number of hydrogen-bond acceptors (Lipinski definition) is 5. The van der Waals surface area contributed by atoms with Gasteiger partial charge in [0.05, 0.1) is 29.8 Å². The van der Waals surface area contributed by atoms with E-state index in [9.17, 15) is 39.5 Å². The van der Waals surface area contributed by atoms with Crippen molar-refractivity contribution >= 4 is 5.95 Å². The molecular weight excluding hydrogens is 557 g/mol. The molecule has 218 valence electrons. The Kier molecular flexibility index (Phi) is 8.07. The number of halogens is 9. The number of ether oxygens (including phenoxy) is 1. The third kappa shape index (κ3) is 7.04. The zero-order valence-electron chi connectivity index (χ0n) is 21.2. The van der Waals surface area contributed by atoms with E-state index in [-0.39, 0.29) is 36.6 Å². The van der Waals surface area contributed by atoms with Gasteiger partial charge in [0.25, 0.3) is 5.95 Å². The van der Waals surface area contributed by atoms with Crippen molar-refractivity contribution in [1.29, 1.82) is 0 Å². The summed E-state index contributed by atoms with van der Waals surface area (Å²) in [7, 11) is 1.38. The van der Waals surface area contributed by atoms with Gasteiger partial charge in [0.1, 0.15) is 0 Å². The first-order valence-corrected chi connectivity index (χ1v) is 12.1. The molecule has 1 aliphatic rings. The minimum atomic E-state index is -5.07. The van der Waals surface area contributed by atoms with Crippen molar-refractivity contribution in [3.8, 4) is 0 Å². The third-order valence-electron chi connectivity index (χ3n) is 6.34. The standard InChI is InChI=1S/C25H24F9N5O/c1-3-40-21(15-4-5-15)20-7-6-17(23(26,27)28)10-16(20)13-39(22-35-37-38(2)36-22)12-14-8-18(24(29,30)31)11-19(9-14)25(32,33)34/h6-11,15,21H,3-5,12-13H2,1-2H3/t21-/m0/s1. The second-order valence-corrected chi connectivity index (χ2v) is 9.47. The molecule has 0 radical (unpaired) electrons. The molecule has 6 nitrogen and oxygen atoms in total. The van der Waals surface area contributed by atoms with Crippen molar-refractivity contribution in [3.05, 3.63) is 69.8 Å². The number of aryl methyl sites for hydroxylation is 1. The molecule has 0 N–H and O–H groups in total. The van der Waals surface area contributed by atoms with Crippen molar-refractivity contribution < 1.29 is 44.3 Å². The summed E-state index contributed by atoms with van der Waals surface area (Å²) in [5.41, 5.74) is -3.85. The van der Waals surface area contributed by atoms with E-state index in [1.165, 1.54) is 18.0 Å². The van der Waals surface area contributed by atoms with E-state index in [0.717, 1.165) is 29.8 Å². The van der Waals surface area contributed by atoms with E-state index in [2.05, 4.69) is 15.4 Å². The number of benzene rings is 2. The molecule has 2 aromatic carbocycles. The highest BCUT2D eigenvalue weighted by molar-refractivity contribution is 5.42. The molecule has 0 spiro atoms. The van der Waals surface area contributed by atoms with Gasteiger partial charge in [-0.2, -0.15) is 44.3 Å². The third-order valence-corrected chi connectivity index (χ3v) is 6.34. The minimum Gasteiger partial charge on any atom is -0.374 e. The monoisotopic (exact) mass is 581 g/mol. The van der Waals surface area contributed by atoms with E-state index >= 15 is 0 Å². The summed E-state index contributed by atoms with van der Waals surface area (Å²) in [6.45, 7) is 1.05. The van der Waals surface area contributed by atoms with Crippen LogP contribution in [-0.2, 0) is 43.4 Å². The number of anilines is 1. The van der Waals surface area contributed by atoms with Crippen LogP contribution in [0.2, 0.25) is 0 Å². The predicted molar refractivity (Wildman–Crippen MR) is 124 cm³/mol. The lowest BCUT2D eigenvalue weighted by molar-refractivity contribution is -0.143. The predicted octanol–water partition coefficient (Wildman–Crippen LogP) is 6.96. The molecule has 0 saturated heterocycles. The summed E-state index contributed by atoms with van der Waals surface area (Å²) >= 11 is 0. The molecule has 15 heteroatoms. The van der Waals surface area contributed by atoms with Crippen LogP contribution in [0.4, 0.5) is 45.5 Å².